The van der Waals surface area contributed by atoms with Crippen LogP contribution in [0, 0.1) is 0 Å². The number of rotatable bonds is 7. The maximum Gasteiger partial charge on any atom is 0.413 e. The van der Waals surface area contributed by atoms with Gasteiger partial charge in [0.15, 0.2) is 17.2 Å². The minimum absolute atomic E-state index is 0.150. The van der Waals surface area contributed by atoms with Gasteiger partial charge in [0.05, 0.1) is 34.5 Å². The second-order valence-corrected chi connectivity index (χ2v) is 8.18. The van der Waals surface area contributed by atoms with Gasteiger partial charge in [0.2, 0.25) is 17.5 Å². The van der Waals surface area contributed by atoms with E-state index in [2.05, 4.69) is 0 Å². The summed E-state index contributed by atoms with van der Waals surface area (Å²) in [6.45, 7) is 2.68. The third-order valence-corrected chi connectivity index (χ3v) is 6.04. The van der Waals surface area contributed by atoms with Crippen LogP contribution in [0.1, 0.15) is 37.4 Å². The van der Waals surface area contributed by atoms with Gasteiger partial charge in [0.1, 0.15) is 0 Å². The molecule has 0 aliphatic heterocycles. The number of hydrogen-bond donors (Lipinski definition) is 0. The van der Waals surface area contributed by atoms with Crippen molar-refractivity contribution < 1.29 is 38.0 Å². The van der Waals surface area contributed by atoms with Gasteiger partial charge in [-0.1, -0.05) is 6.07 Å². The normalized spacial score (nSPS) is 14.8. The van der Waals surface area contributed by atoms with E-state index >= 15 is 0 Å². The predicted molar refractivity (Wildman–Crippen MR) is 131 cm³/mol. The van der Waals surface area contributed by atoms with Crippen molar-refractivity contribution in [2.45, 2.75) is 39.0 Å². The van der Waals surface area contributed by atoms with Crippen molar-refractivity contribution in [3.8, 4) is 34.1 Å². The average Bonchev–Trinajstić information content (AvgIpc) is 3.09. The molecule has 0 radical (unpaired) electrons. The van der Waals surface area contributed by atoms with E-state index in [0.29, 0.717) is 41.2 Å². The highest BCUT2D eigenvalue weighted by molar-refractivity contribution is 5.83. The summed E-state index contributed by atoms with van der Waals surface area (Å²) in [6, 6.07) is 6.12. The number of nitrogens with zero attached hydrogens (tertiary/aromatic N) is 1. The standard InChI is InChI=1S/C26H31NO9/c1-14(28)35-15(2)36-26(30)27(3)19-10-8-16-12-22(32-5)24(33-6)25(34-7)23(16)17-9-11-21(31-4)20(29)13-18(17)19/h9,11-13,15,19H,8,10H2,1-7H3/t15?,19-/m0/s1. The molecule has 0 N–H and O–H groups in total. The number of aryl methyl sites for hydroxylation is 1. The van der Waals surface area contributed by atoms with E-state index in [0.717, 1.165) is 11.1 Å². The number of methoxy groups -OCH3 is 4. The molecular formula is C26H31NO9. The van der Waals surface area contributed by atoms with Gasteiger partial charge in [-0.25, -0.2) is 4.79 Å². The van der Waals surface area contributed by atoms with E-state index in [4.69, 9.17) is 28.4 Å². The molecule has 10 heteroatoms. The fraction of sp³-hybridized carbons (Fsp3) is 0.423. The Morgan fingerprint density at radius 3 is 2.19 bits per heavy atom. The zero-order chi connectivity index (χ0) is 26.6. The van der Waals surface area contributed by atoms with Crippen molar-refractivity contribution in [3.63, 3.8) is 0 Å². The molecule has 10 nitrogen and oxygen atoms in total. The van der Waals surface area contributed by atoms with Gasteiger partial charge < -0.3 is 33.3 Å². The number of ether oxygens (including phenoxy) is 6. The van der Waals surface area contributed by atoms with Gasteiger partial charge in [-0.15, -0.1) is 0 Å². The van der Waals surface area contributed by atoms with Crippen LogP contribution in [0.15, 0.2) is 29.1 Å². The Kier molecular flexibility index (Phi) is 8.29. The van der Waals surface area contributed by atoms with Crippen LogP contribution in [0.4, 0.5) is 4.79 Å². The number of amides is 1. The van der Waals surface area contributed by atoms with Crippen LogP contribution in [-0.4, -0.2) is 58.7 Å². The Morgan fingerprint density at radius 1 is 0.944 bits per heavy atom. The second-order valence-electron chi connectivity index (χ2n) is 8.18. The molecule has 0 saturated carbocycles. The first-order valence-electron chi connectivity index (χ1n) is 11.3. The summed E-state index contributed by atoms with van der Waals surface area (Å²) in [5.74, 6) is 0.931. The summed E-state index contributed by atoms with van der Waals surface area (Å²) in [4.78, 5) is 38.6. The summed E-state index contributed by atoms with van der Waals surface area (Å²) in [6.07, 6.45) is -0.801. The minimum atomic E-state index is -1.07. The lowest BCUT2D eigenvalue weighted by molar-refractivity contribution is -0.163. The molecule has 36 heavy (non-hydrogen) atoms. The summed E-state index contributed by atoms with van der Waals surface area (Å²) in [5.41, 5.74) is 2.51. The maximum absolute atomic E-state index is 13.0. The zero-order valence-electron chi connectivity index (χ0n) is 21.5. The number of esters is 1. The Balaban J connectivity index is 2.23. The quantitative estimate of drug-likeness (QED) is 0.414. The average molecular weight is 502 g/mol. The van der Waals surface area contributed by atoms with Crippen molar-refractivity contribution in [3.05, 3.63) is 45.6 Å². The minimum Gasteiger partial charge on any atom is -0.493 e. The molecule has 2 atom stereocenters. The molecule has 1 unspecified atom stereocenters. The molecule has 1 aliphatic rings. The van der Waals surface area contributed by atoms with E-state index in [1.807, 2.05) is 6.07 Å². The van der Waals surface area contributed by atoms with E-state index in [1.165, 1.54) is 46.1 Å². The SMILES string of the molecule is COc1cc2c(c(OC)c1OC)-c1ccc(OC)c(=O)cc1[C@@H](N(C)C(=O)OC(C)OC(C)=O)CC2. The monoisotopic (exact) mass is 501 g/mol. The molecule has 2 aromatic rings. The fourth-order valence-electron chi connectivity index (χ4n) is 4.46. The van der Waals surface area contributed by atoms with Crippen LogP contribution in [0.3, 0.4) is 0 Å². The van der Waals surface area contributed by atoms with Crippen molar-refractivity contribution in [2.24, 2.45) is 0 Å². The topological polar surface area (TPSA) is 110 Å². The van der Waals surface area contributed by atoms with Crippen molar-refractivity contribution in [2.75, 3.05) is 35.5 Å². The molecule has 0 aromatic heterocycles. The Labute approximate surface area is 209 Å². The van der Waals surface area contributed by atoms with E-state index in [-0.39, 0.29) is 11.2 Å². The molecule has 1 aliphatic carbocycles. The zero-order valence-corrected chi connectivity index (χ0v) is 21.5. The van der Waals surface area contributed by atoms with Crippen molar-refractivity contribution >= 4 is 12.1 Å². The highest BCUT2D eigenvalue weighted by atomic mass is 16.7. The largest absolute Gasteiger partial charge is 0.493 e. The molecule has 0 bridgehead atoms. The smallest absolute Gasteiger partial charge is 0.413 e. The number of fused-ring (bicyclic) bond motifs is 3. The maximum atomic E-state index is 13.0. The third kappa shape index (κ3) is 5.17. The third-order valence-electron chi connectivity index (χ3n) is 6.04. The molecule has 0 spiro atoms. The molecule has 194 valence electrons. The van der Waals surface area contributed by atoms with Gasteiger partial charge in [-0.2, -0.15) is 0 Å². The molecule has 0 heterocycles. The van der Waals surface area contributed by atoms with E-state index in [9.17, 15) is 14.4 Å². The van der Waals surface area contributed by atoms with Gasteiger partial charge in [-0.05, 0) is 47.7 Å². The number of hydrogen-bond acceptors (Lipinski definition) is 9. The highest BCUT2D eigenvalue weighted by Crippen LogP contribution is 2.50. The molecular weight excluding hydrogens is 470 g/mol. The lowest BCUT2D eigenvalue weighted by Gasteiger charge is -2.28. The summed E-state index contributed by atoms with van der Waals surface area (Å²) in [7, 11) is 7.58. The molecule has 2 aromatic carbocycles. The lowest BCUT2D eigenvalue weighted by atomic mass is 9.95. The summed E-state index contributed by atoms with van der Waals surface area (Å²) >= 11 is 0. The van der Waals surface area contributed by atoms with Gasteiger partial charge >= 0.3 is 12.1 Å². The van der Waals surface area contributed by atoms with Gasteiger partial charge in [-0.3, -0.25) is 9.59 Å². The van der Waals surface area contributed by atoms with Crippen LogP contribution in [0.25, 0.3) is 11.1 Å². The fourth-order valence-corrected chi connectivity index (χ4v) is 4.46. The summed E-state index contributed by atoms with van der Waals surface area (Å²) in [5, 5.41) is 0. The molecule has 0 fully saturated rings. The van der Waals surface area contributed by atoms with Crippen molar-refractivity contribution in [1.29, 1.82) is 0 Å². The highest BCUT2D eigenvalue weighted by Gasteiger charge is 2.33. The molecule has 3 rings (SSSR count). The first kappa shape index (κ1) is 26.7. The Hall–Kier alpha value is -3.95. The van der Waals surface area contributed by atoms with Crippen LogP contribution < -0.4 is 24.4 Å². The second kappa shape index (κ2) is 11.2. The molecule has 0 saturated heterocycles. The Bertz CT molecular complexity index is 1210. The van der Waals surface area contributed by atoms with Gasteiger partial charge in [0.25, 0.3) is 0 Å². The number of benzene rings is 1. The Morgan fingerprint density at radius 2 is 1.61 bits per heavy atom. The number of carbonyl (C=O) groups excluding carboxylic acids is 2. The number of carbonyl (C=O) groups is 2. The summed E-state index contributed by atoms with van der Waals surface area (Å²) < 4.78 is 32.4. The van der Waals surface area contributed by atoms with Crippen LogP contribution in [0.5, 0.6) is 23.0 Å². The van der Waals surface area contributed by atoms with Crippen LogP contribution in [-0.2, 0) is 20.7 Å². The van der Waals surface area contributed by atoms with Crippen LogP contribution in [0.2, 0.25) is 0 Å². The van der Waals surface area contributed by atoms with Crippen LogP contribution >= 0.6 is 0 Å². The molecule has 1 amide bonds. The van der Waals surface area contributed by atoms with E-state index in [1.54, 1.807) is 26.3 Å². The van der Waals surface area contributed by atoms with Gasteiger partial charge in [0, 0.05) is 26.5 Å². The first-order chi connectivity index (χ1) is 17.2. The first-order valence-corrected chi connectivity index (χ1v) is 11.3. The van der Waals surface area contributed by atoms with E-state index < -0.39 is 24.4 Å². The predicted octanol–water partition coefficient (Wildman–Crippen LogP) is 3.71. The lowest BCUT2D eigenvalue weighted by Crippen LogP contribution is -2.35. The van der Waals surface area contributed by atoms with Crippen molar-refractivity contribution in [1.82, 2.24) is 4.90 Å².